The number of aryl methyl sites for hydroxylation is 1. The van der Waals surface area contributed by atoms with Gasteiger partial charge in [0.25, 0.3) is 5.91 Å². The Balaban J connectivity index is 1.82. The third-order valence-corrected chi connectivity index (χ3v) is 7.13. The molecule has 1 N–H and O–H groups in total. The Morgan fingerprint density at radius 2 is 2.00 bits per heavy atom. The molecule has 3 heterocycles. The molecule has 1 aliphatic rings. The molecule has 0 fully saturated rings. The number of hydrogen-bond acceptors (Lipinski definition) is 9. The molecule has 0 saturated heterocycles. The van der Waals surface area contributed by atoms with Crippen LogP contribution >= 0.6 is 22.7 Å². The number of hydrogen-bond donors (Lipinski definition) is 1. The molecule has 0 radical (unpaired) electrons. The molecule has 0 saturated carbocycles. The molecular formula is C24H20N2O6S2. The number of amides is 1. The van der Waals surface area contributed by atoms with Crippen molar-refractivity contribution in [2.75, 3.05) is 18.6 Å². The number of aromatic nitrogens is 1. The number of thiazole rings is 1. The van der Waals surface area contributed by atoms with Crippen LogP contribution < -0.4 is 9.64 Å². The first kappa shape index (κ1) is 23.4. The zero-order chi connectivity index (χ0) is 24.4. The zero-order valence-electron chi connectivity index (χ0n) is 18.3. The average molecular weight is 497 g/mol. The van der Waals surface area contributed by atoms with E-state index in [1.54, 1.807) is 54.8 Å². The minimum absolute atomic E-state index is 0.0559. The minimum atomic E-state index is -0.952. The van der Waals surface area contributed by atoms with Gasteiger partial charge in [0.05, 0.1) is 29.3 Å². The van der Waals surface area contributed by atoms with Crippen LogP contribution in [0.15, 0.2) is 65.8 Å². The molecule has 1 amide bonds. The second kappa shape index (κ2) is 9.62. The Morgan fingerprint density at radius 1 is 1.26 bits per heavy atom. The van der Waals surface area contributed by atoms with Gasteiger partial charge in [0.15, 0.2) is 10.9 Å². The molecule has 0 bridgehead atoms. The predicted octanol–water partition coefficient (Wildman–Crippen LogP) is 4.65. The number of Topliss-reactive ketones (excluding diaryl/α,β-unsaturated/α-hetero) is 1. The number of nitrogens with zero attached hydrogens (tertiary/aromatic N) is 2. The molecule has 3 aromatic rings. The quantitative estimate of drug-likeness (QED) is 0.275. The second-order valence-corrected chi connectivity index (χ2v) is 9.14. The Morgan fingerprint density at radius 3 is 2.62 bits per heavy atom. The van der Waals surface area contributed by atoms with E-state index in [1.807, 2.05) is 0 Å². The number of aliphatic hydroxyl groups excluding tert-OH is 1. The fourth-order valence-electron chi connectivity index (χ4n) is 3.56. The van der Waals surface area contributed by atoms with Gasteiger partial charge >= 0.3 is 5.97 Å². The Kier molecular flexibility index (Phi) is 6.62. The summed E-state index contributed by atoms with van der Waals surface area (Å²) in [4.78, 5) is 44.9. The SMILES string of the molecule is C=CCOc1ccc(C2C(C(=O)c3cccs3)=C(O)C(=O)N2c2nc(C)c(C(=O)OC)s2)cc1. The van der Waals surface area contributed by atoms with E-state index in [0.29, 0.717) is 28.5 Å². The number of anilines is 1. The number of carbonyl (C=O) groups excluding carboxylic acids is 3. The fourth-order valence-corrected chi connectivity index (χ4v) is 5.25. The average Bonchev–Trinajstić information content (AvgIpc) is 3.56. The third kappa shape index (κ3) is 4.13. The van der Waals surface area contributed by atoms with Crippen molar-refractivity contribution in [3.63, 3.8) is 0 Å². The molecule has 174 valence electrons. The van der Waals surface area contributed by atoms with Gasteiger partial charge in [0.1, 0.15) is 17.2 Å². The summed E-state index contributed by atoms with van der Waals surface area (Å²) in [6.45, 7) is 5.57. The van der Waals surface area contributed by atoms with E-state index < -0.39 is 29.5 Å². The van der Waals surface area contributed by atoms with Crippen molar-refractivity contribution in [2.45, 2.75) is 13.0 Å². The topological polar surface area (TPSA) is 106 Å². The Hall–Kier alpha value is -3.76. The van der Waals surface area contributed by atoms with Crippen LogP contribution in [0.25, 0.3) is 0 Å². The van der Waals surface area contributed by atoms with Crippen LogP contribution in [0.1, 0.15) is 36.6 Å². The van der Waals surface area contributed by atoms with Crippen molar-refractivity contribution in [3.05, 3.63) is 86.8 Å². The van der Waals surface area contributed by atoms with E-state index in [4.69, 9.17) is 9.47 Å². The van der Waals surface area contributed by atoms with Gasteiger partial charge in [-0.15, -0.1) is 11.3 Å². The van der Waals surface area contributed by atoms with E-state index >= 15 is 0 Å². The zero-order valence-corrected chi connectivity index (χ0v) is 19.9. The molecule has 1 unspecified atom stereocenters. The number of benzene rings is 1. The molecule has 1 aliphatic heterocycles. The first-order valence-electron chi connectivity index (χ1n) is 10.1. The summed E-state index contributed by atoms with van der Waals surface area (Å²) in [7, 11) is 1.26. The van der Waals surface area contributed by atoms with Crippen molar-refractivity contribution < 1.29 is 29.0 Å². The lowest BCUT2D eigenvalue weighted by molar-refractivity contribution is -0.117. The summed E-state index contributed by atoms with van der Waals surface area (Å²) in [5, 5.41) is 12.7. The van der Waals surface area contributed by atoms with Crippen molar-refractivity contribution >= 4 is 45.5 Å². The third-order valence-electron chi connectivity index (χ3n) is 5.12. The number of ether oxygens (including phenoxy) is 2. The van der Waals surface area contributed by atoms with Gasteiger partial charge in [-0.1, -0.05) is 42.2 Å². The van der Waals surface area contributed by atoms with Crippen LogP contribution in [-0.2, 0) is 9.53 Å². The molecule has 1 aromatic carbocycles. The van der Waals surface area contributed by atoms with E-state index in [2.05, 4.69) is 11.6 Å². The largest absolute Gasteiger partial charge is 0.503 e. The van der Waals surface area contributed by atoms with Crippen LogP contribution in [0.5, 0.6) is 5.75 Å². The lowest BCUT2D eigenvalue weighted by atomic mass is 9.95. The monoisotopic (exact) mass is 496 g/mol. The Labute approximate surface area is 203 Å². The van der Waals surface area contributed by atoms with Gasteiger partial charge in [0.2, 0.25) is 5.78 Å². The minimum Gasteiger partial charge on any atom is -0.503 e. The molecule has 1 atom stereocenters. The predicted molar refractivity (Wildman–Crippen MR) is 129 cm³/mol. The highest BCUT2D eigenvalue weighted by atomic mass is 32.1. The molecule has 0 aliphatic carbocycles. The van der Waals surface area contributed by atoms with E-state index in [9.17, 15) is 19.5 Å². The standard InChI is InChI=1S/C24H20N2O6S2/c1-4-11-32-15-9-7-14(8-10-15)18-17(19(27)16-6-5-12-33-16)20(28)22(29)26(18)24-25-13(2)21(34-24)23(30)31-3/h4-10,12,18,28H,1,11H2,2-3H3. The highest BCUT2D eigenvalue weighted by molar-refractivity contribution is 7.17. The Bertz CT molecular complexity index is 1290. The summed E-state index contributed by atoms with van der Waals surface area (Å²) in [6.07, 6.45) is 1.62. The van der Waals surface area contributed by atoms with Gasteiger partial charge in [-0.2, -0.15) is 0 Å². The maximum Gasteiger partial charge on any atom is 0.350 e. The number of ketones is 1. The summed E-state index contributed by atoms with van der Waals surface area (Å²) >= 11 is 2.17. The molecule has 2 aromatic heterocycles. The number of aliphatic hydroxyl groups is 1. The van der Waals surface area contributed by atoms with Crippen molar-refractivity contribution in [1.29, 1.82) is 0 Å². The number of carbonyl (C=O) groups is 3. The molecule has 8 nitrogen and oxygen atoms in total. The maximum absolute atomic E-state index is 13.3. The van der Waals surface area contributed by atoms with E-state index in [0.717, 1.165) is 11.3 Å². The van der Waals surface area contributed by atoms with Gasteiger partial charge in [0, 0.05) is 0 Å². The van der Waals surface area contributed by atoms with Crippen molar-refractivity contribution in [3.8, 4) is 5.75 Å². The van der Waals surface area contributed by atoms with Gasteiger partial charge in [-0.3, -0.25) is 14.5 Å². The highest BCUT2D eigenvalue weighted by Gasteiger charge is 2.46. The fraction of sp³-hybridized carbons (Fsp3) is 0.167. The smallest absolute Gasteiger partial charge is 0.350 e. The van der Waals surface area contributed by atoms with Crippen LogP contribution in [-0.4, -0.2) is 41.5 Å². The van der Waals surface area contributed by atoms with Crippen LogP contribution in [0.4, 0.5) is 5.13 Å². The lowest BCUT2D eigenvalue weighted by Crippen LogP contribution is -2.31. The number of esters is 1. The summed E-state index contributed by atoms with van der Waals surface area (Å²) in [5.41, 5.74) is 0.888. The van der Waals surface area contributed by atoms with E-state index in [-0.39, 0.29) is 15.6 Å². The first-order valence-corrected chi connectivity index (χ1v) is 11.8. The normalized spacial score (nSPS) is 15.5. The molecule has 4 rings (SSSR count). The highest BCUT2D eigenvalue weighted by Crippen LogP contribution is 2.44. The molecular weight excluding hydrogens is 476 g/mol. The molecule has 0 spiro atoms. The van der Waals surface area contributed by atoms with Crippen molar-refractivity contribution in [2.24, 2.45) is 0 Å². The van der Waals surface area contributed by atoms with Crippen LogP contribution in [0, 0.1) is 6.92 Å². The van der Waals surface area contributed by atoms with Crippen LogP contribution in [0.3, 0.4) is 0 Å². The molecule has 34 heavy (non-hydrogen) atoms. The van der Waals surface area contributed by atoms with Gasteiger partial charge in [-0.05, 0) is 36.1 Å². The lowest BCUT2D eigenvalue weighted by Gasteiger charge is -2.24. The maximum atomic E-state index is 13.3. The molecule has 10 heteroatoms. The second-order valence-electron chi connectivity index (χ2n) is 7.22. The van der Waals surface area contributed by atoms with E-state index in [1.165, 1.54) is 23.3 Å². The van der Waals surface area contributed by atoms with Gasteiger partial charge in [-0.25, -0.2) is 9.78 Å². The number of methoxy groups -OCH3 is 1. The number of thiophene rings is 1. The summed E-state index contributed by atoms with van der Waals surface area (Å²) < 4.78 is 10.3. The first-order chi connectivity index (χ1) is 16.4. The summed E-state index contributed by atoms with van der Waals surface area (Å²) in [5.74, 6) is -1.89. The number of rotatable bonds is 8. The van der Waals surface area contributed by atoms with Crippen LogP contribution in [0.2, 0.25) is 0 Å². The van der Waals surface area contributed by atoms with Gasteiger partial charge < -0.3 is 14.6 Å². The summed E-state index contributed by atoms with van der Waals surface area (Å²) in [6, 6.07) is 9.24. The van der Waals surface area contributed by atoms with Crippen molar-refractivity contribution in [1.82, 2.24) is 4.98 Å².